The van der Waals surface area contributed by atoms with Crippen LogP contribution in [0.2, 0.25) is 5.02 Å². The fourth-order valence-electron chi connectivity index (χ4n) is 2.35. The molecular weight excluding hydrogens is 386 g/mol. The first-order valence-electron chi connectivity index (χ1n) is 8.20. The lowest BCUT2D eigenvalue weighted by Crippen LogP contribution is -2.14. The highest BCUT2D eigenvalue weighted by atomic mass is 35.5. The molecule has 0 spiro atoms. The number of nitrogens with zero attached hydrogens (tertiary/aromatic N) is 2. The van der Waals surface area contributed by atoms with E-state index in [1.54, 1.807) is 38.4 Å². The first-order valence-corrected chi connectivity index (χ1v) is 9.39. The van der Waals surface area contributed by atoms with Crippen molar-refractivity contribution in [3.05, 3.63) is 58.2 Å². The van der Waals surface area contributed by atoms with Crippen LogP contribution in [-0.2, 0) is 4.74 Å². The second kappa shape index (κ2) is 8.94. The van der Waals surface area contributed by atoms with Gasteiger partial charge in [0.25, 0.3) is 5.91 Å². The van der Waals surface area contributed by atoms with Crippen LogP contribution in [0.1, 0.15) is 15.4 Å². The lowest BCUT2D eigenvalue weighted by Gasteiger charge is -2.10. The molecule has 2 aromatic heterocycles. The van der Waals surface area contributed by atoms with E-state index in [9.17, 15) is 4.79 Å². The fourth-order valence-corrected chi connectivity index (χ4v) is 3.50. The van der Waals surface area contributed by atoms with Crippen LogP contribution in [-0.4, -0.2) is 36.2 Å². The van der Waals surface area contributed by atoms with Crippen LogP contribution in [0, 0.1) is 6.92 Å². The summed E-state index contributed by atoms with van der Waals surface area (Å²) in [6.07, 6.45) is 1.60. The number of anilines is 1. The number of thiazole rings is 1. The Kier molecular flexibility index (Phi) is 6.39. The molecule has 0 aliphatic heterocycles. The summed E-state index contributed by atoms with van der Waals surface area (Å²) in [5, 5.41) is 4.21. The van der Waals surface area contributed by atoms with Gasteiger partial charge in [0.05, 0.1) is 12.3 Å². The molecule has 8 heteroatoms. The molecule has 1 N–H and O–H groups in total. The molecule has 3 rings (SSSR count). The first kappa shape index (κ1) is 19.3. The quantitative estimate of drug-likeness (QED) is 0.590. The molecule has 0 saturated carbocycles. The standard InChI is InChI=1S/C19H18ClN3O3S/c1-12-16(27-19(22-12)13-5-3-6-14(20)11-13)17(24)23-15-7-4-8-21-18(15)26-10-9-25-2/h3-8,11H,9-10H2,1-2H3,(H,23,24). The number of hydrogen-bond donors (Lipinski definition) is 1. The molecule has 1 aromatic carbocycles. The van der Waals surface area contributed by atoms with Gasteiger partial charge in [0.2, 0.25) is 5.88 Å². The first-order chi connectivity index (χ1) is 13.1. The van der Waals surface area contributed by atoms with E-state index < -0.39 is 0 Å². The average molecular weight is 404 g/mol. The summed E-state index contributed by atoms with van der Waals surface area (Å²) >= 11 is 7.36. The number of aromatic nitrogens is 2. The topological polar surface area (TPSA) is 73.3 Å². The molecule has 0 aliphatic carbocycles. The number of aryl methyl sites for hydroxylation is 1. The Labute approximate surface area is 166 Å². The van der Waals surface area contributed by atoms with Crippen molar-refractivity contribution >= 4 is 34.5 Å². The SMILES string of the molecule is COCCOc1ncccc1NC(=O)c1sc(-c2cccc(Cl)c2)nc1C. The average Bonchev–Trinajstić information content (AvgIpc) is 3.05. The predicted molar refractivity (Wildman–Crippen MR) is 107 cm³/mol. The number of amides is 1. The highest BCUT2D eigenvalue weighted by molar-refractivity contribution is 7.17. The number of pyridine rings is 1. The maximum atomic E-state index is 12.8. The van der Waals surface area contributed by atoms with E-state index in [-0.39, 0.29) is 5.91 Å². The normalized spacial score (nSPS) is 10.6. The Morgan fingerprint density at radius 1 is 1.26 bits per heavy atom. The van der Waals surface area contributed by atoms with Crippen LogP contribution in [0.25, 0.3) is 10.6 Å². The summed E-state index contributed by atoms with van der Waals surface area (Å²) in [6.45, 7) is 2.58. The van der Waals surface area contributed by atoms with Crippen molar-refractivity contribution < 1.29 is 14.3 Å². The molecule has 2 heterocycles. The van der Waals surface area contributed by atoms with E-state index in [1.807, 2.05) is 18.2 Å². The van der Waals surface area contributed by atoms with Crippen LogP contribution in [0.5, 0.6) is 5.88 Å². The molecule has 0 aliphatic rings. The summed E-state index contributed by atoms with van der Waals surface area (Å²) in [7, 11) is 1.59. The Morgan fingerprint density at radius 2 is 2.11 bits per heavy atom. The Hall–Kier alpha value is -2.48. The molecule has 0 saturated heterocycles. The third-order valence-corrected chi connectivity index (χ3v) is 5.06. The van der Waals surface area contributed by atoms with Crippen molar-refractivity contribution in [2.24, 2.45) is 0 Å². The van der Waals surface area contributed by atoms with Gasteiger partial charge in [-0.1, -0.05) is 23.7 Å². The Morgan fingerprint density at radius 3 is 2.89 bits per heavy atom. The highest BCUT2D eigenvalue weighted by Crippen LogP contribution is 2.30. The van der Waals surface area contributed by atoms with Crippen LogP contribution >= 0.6 is 22.9 Å². The fraction of sp³-hybridized carbons (Fsp3) is 0.211. The van der Waals surface area contributed by atoms with Crippen molar-refractivity contribution in [1.82, 2.24) is 9.97 Å². The number of rotatable bonds is 7. The summed E-state index contributed by atoms with van der Waals surface area (Å²) < 4.78 is 10.5. The number of nitrogens with one attached hydrogen (secondary N) is 1. The van der Waals surface area contributed by atoms with Crippen LogP contribution in [0.15, 0.2) is 42.6 Å². The van der Waals surface area contributed by atoms with Crippen LogP contribution in [0.4, 0.5) is 5.69 Å². The van der Waals surface area contributed by atoms with Crippen molar-refractivity contribution in [1.29, 1.82) is 0 Å². The van der Waals surface area contributed by atoms with E-state index in [0.717, 1.165) is 10.6 Å². The van der Waals surface area contributed by atoms with Crippen LogP contribution in [0.3, 0.4) is 0 Å². The number of halogens is 1. The van der Waals surface area contributed by atoms with E-state index >= 15 is 0 Å². The number of carbonyl (C=O) groups is 1. The number of benzene rings is 1. The minimum atomic E-state index is -0.261. The highest BCUT2D eigenvalue weighted by Gasteiger charge is 2.18. The maximum Gasteiger partial charge on any atom is 0.267 e. The van der Waals surface area contributed by atoms with E-state index in [1.165, 1.54) is 11.3 Å². The van der Waals surface area contributed by atoms with Gasteiger partial charge in [0.15, 0.2) is 0 Å². The second-order valence-corrected chi connectivity index (χ2v) is 7.03. The lowest BCUT2D eigenvalue weighted by molar-refractivity contribution is 0.102. The summed E-state index contributed by atoms with van der Waals surface area (Å²) in [4.78, 5) is 21.9. The number of hydrogen-bond acceptors (Lipinski definition) is 6. The molecule has 0 atom stereocenters. The van der Waals surface area contributed by atoms with E-state index in [2.05, 4.69) is 15.3 Å². The van der Waals surface area contributed by atoms with Gasteiger partial charge in [-0.3, -0.25) is 4.79 Å². The molecular formula is C19H18ClN3O3S. The van der Waals surface area contributed by atoms with Gasteiger partial charge >= 0.3 is 0 Å². The third-order valence-electron chi connectivity index (χ3n) is 3.62. The van der Waals surface area contributed by atoms with Gasteiger partial charge in [0.1, 0.15) is 22.2 Å². The molecule has 0 bridgehead atoms. The van der Waals surface area contributed by atoms with Crippen molar-refractivity contribution in [2.75, 3.05) is 25.6 Å². The van der Waals surface area contributed by atoms with Crippen LogP contribution < -0.4 is 10.1 Å². The van der Waals surface area contributed by atoms with Gasteiger partial charge < -0.3 is 14.8 Å². The van der Waals surface area contributed by atoms with Gasteiger partial charge in [-0.2, -0.15) is 0 Å². The molecule has 3 aromatic rings. The largest absolute Gasteiger partial charge is 0.474 e. The van der Waals surface area contributed by atoms with Crippen molar-refractivity contribution in [3.63, 3.8) is 0 Å². The summed E-state index contributed by atoms with van der Waals surface area (Å²) in [5.74, 6) is 0.0861. The monoisotopic (exact) mass is 403 g/mol. The molecule has 6 nitrogen and oxygen atoms in total. The Bertz CT molecular complexity index is 945. The number of methoxy groups -OCH3 is 1. The molecule has 0 unspecified atom stereocenters. The van der Waals surface area contributed by atoms with Gasteiger partial charge in [-0.05, 0) is 31.2 Å². The second-order valence-electron chi connectivity index (χ2n) is 5.60. The van der Waals surface area contributed by atoms with Gasteiger partial charge in [-0.15, -0.1) is 11.3 Å². The van der Waals surface area contributed by atoms with Crippen molar-refractivity contribution in [3.8, 4) is 16.5 Å². The van der Waals surface area contributed by atoms with E-state index in [4.69, 9.17) is 21.1 Å². The Balaban J connectivity index is 1.79. The molecule has 140 valence electrons. The van der Waals surface area contributed by atoms with Crippen molar-refractivity contribution in [2.45, 2.75) is 6.92 Å². The minimum absolute atomic E-state index is 0.261. The summed E-state index contributed by atoms with van der Waals surface area (Å²) in [6, 6.07) is 10.9. The number of ether oxygens (including phenoxy) is 2. The zero-order chi connectivity index (χ0) is 19.2. The zero-order valence-electron chi connectivity index (χ0n) is 14.9. The summed E-state index contributed by atoms with van der Waals surface area (Å²) in [5.41, 5.74) is 2.02. The van der Waals surface area contributed by atoms with E-state index in [0.29, 0.717) is 40.4 Å². The lowest BCUT2D eigenvalue weighted by atomic mass is 10.2. The maximum absolute atomic E-state index is 12.8. The van der Waals surface area contributed by atoms with Gasteiger partial charge in [-0.25, -0.2) is 9.97 Å². The minimum Gasteiger partial charge on any atom is -0.474 e. The smallest absolute Gasteiger partial charge is 0.267 e. The third kappa shape index (κ3) is 4.82. The molecule has 0 radical (unpaired) electrons. The molecule has 0 fully saturated rings. The predicted octanol–water partition coefficient (Wildman–Crippen LogP) is 4.44. The molecule has 1 amide bonds. The molecule has 27 heavy (non-hydrogen) atoms. The van der Waals surface area contributed by atoms with Gasteiger partial charge in [0, 0.05) is 23.9 Å². The zero-order valence-corrected chi connectivity index (χ0v) is 16.4. The number of carbonyl (C=O) groups excluding carboxylic acids is 1.